The summed E-state index contributed by atoms with van der Waals surface area (Å²) in [6.45, 7) is 16.9. The van der Waals surface area contributed by atoms with Crippen molar-refractivity contribution >= 4 is 29.9 Å². The van der Waals surface area contributed by atoms with E-state index >= 15 is 0 Å². The minimum atomic E-state index is -0.201. The standard InChI is InChI=1S/C17H38N4O.HI/c1-9-21(10-2)15(11-14(3)4)12-19-16(18-7)20-13-17(5,6)22-8;/h14-15H,9-13H2,1-8H3,(H2,18,19,20);1H. The summed E-state index contributed by atoms with van der Waals surface area (Å²) in [5.41, 5.74) is -0.201. The third kappa shape index (κ3) is 11.2. The highest BCUT2D eigenvalue weighted by atomic mass is 127. The second-order valence-corrected chi connectivity index (χ2v) is 6.78. The van der Waals surface area contributed by atoms with Crippen LogP contribution in [0.3, 0.4) is 0 Å². The van der Waals surface area contributed by atoms with Gasteiger partial charge < -0.3 is 15.4 Å². The average molecular weight is 442 g/mol. The second kappa shape index (κ2) is 13.2. The van der Waals surface area contributed by atoms with Crippen LogP contribution >= 0.6 is 24.0 Å². The Bertz CT molecular complexity index is 318. The highest BCUT2D eigenvalue weighted by molar-refractivity contribution is 14.0. The van der Waals surface area contributed by atoms with Gasteiger partial charge in [-0.1, -0.05) is 27.7 Å². The summed E-state index contributed by atoms with van der Waals surface area (Å²) in [6, 6.07) is 0.531. The minimum absolute atomic E-state index is 0. The number of aliphatic imine (C=N–C) groups is 1. The van der Waals surface area contributed by atoms with Crippen molar-refractivity contribution < 1.29 is 4.74 Å². The normalized spacial score (nSPS) is 13.9. The summed E-state index contributed by atoms with van der Waals surface area (Å²) in [6.07, 6.45) is 1.19. The smallest absolute Gasteiger partial charge is 0.191 e. The van der Waals surface area contributed by atoms with Crippen LogP contribution in [-0.4, -0.2) is 62.8 Å². The molecular weight excluding hydrogens is 403 g/mol. The van der Waals surface area contributed by atoms with Crippen LogP contribution in [0.5, 0.6) is 0 Å². The van der Waals surface area contributed by atoms with Crippen molar-refractivity contribution in [2.75, 3.05) is 40.3 Å². The Morgan fingerprint density at radius 1 is 1.17 bits per heavy atom. The maximum atomic E-state index is 5.43. The number of nitrogens with zero attached hydrogens (tertiary/aromatic N) is 2. The number of hydrogen-bond acceptors (Lipinski definition) is 3. The van der Waals surface area contributed by atoms with E-state index in [9.17, 15) is 0 Å². The summed E-state index contributed by atoms with van der Waals surface area (Å²) in [5.74, 6) is 1.53. The van der Waals surface area contributed by atoms with Crippen molar-refractivity contribution in [3.63, 3.8) is 0 Å². The first-order chi connectivity index (χ1) is 10.3. The van der Waals surface area contributed by atoms with Gasteiger partial charge in [-0.05, 0) is 39.3 Å². The molecule has 0 amide bonds. The van der Waals surface area contributed by atoms with Crippen LogP contribution in [0.25, 0.3) is 0 Å². The number of ether oxygens (including phenoxy) is 1. The van der Waals surface area contributed by atoms with Gasteiger partial charge in [0.1, 0.15) is 0 Å². The zero-order chi connectivity index (χ0) is 17.2. The summed E-state index contributed by atoms with van der Waals surface area (Å²) in [4.78, 5) is 6.82. The summed E-state index contributed by atoms with van der Waals surface area (Å²) >= 11 is 0. The number of halogens is 1. The van der Waals surface area contributed by atoms with E-state index in [0.717, 1.165) is 32.1 Å². The topological polar surface area (TPSA) is 48.9 Å². The van der Waals surface area contributed by atoms with Gasteiger partial charge in [-0.2, -0.15) is 0 Å². The van der Waals surface area contributed by atoms with Crippen LogP contribution < -0.4 is 10.6 Å². The highest BCUT2D eigenvalue weighted by Crippen LogP contribution is 2.11. The average Bonchev–Trinajstić information content (AvgIpc) is 2.47. The number of nitrogens with one attached hydrogen (secondary N) is 2. The molecule has 1 atom stereocenters. The molecule has 140 valence electrons. The van der Waals surface area contributed by atoms with Crippen molar-refractivity contribution in [3.05, 3.63) is 0 Å². The van der Waals surface area contributed by atoms with Crippen LogP contribution in [0.2, 0.25) is 0 Å². The monoisotopic (exact) mass is 442 g/mol. The van der Waals surface area contributed by atoms with Gasteiger partial charge in [0.25, 0.3) is 0 Å². The lowest BCUT2D eigenvalue weighted by Crippen LogP contribution is -2.50. The quantitative estimate of drug-likeness (QED) is 0.310. The van der Waals surface area contributed by atoms with E-state index in [1.807, 2.05) is 7.05 Å². The molecule has 0 radical (unpaired) electrons. The highest BCUT2D eigenvalue weighted by Gasteiger charge is 2.19. The SMILES string of the molecule is CCN(CC)C(CNC(=NC)NCC(C)(C)OC)CC(C)C.I. The molecular formula is C17H39IN4O. The van der Waals surface area contributed by atoms with Gasteiger partial charge in [0, 0.05) is 33.3 Å². The minimum Gasteiger partial charge on any atom is -0.377 e. The third-order valence-corrected chi connectivity index (χ3v) is 4.04. The molecule has 0 spiro atoms. The first-order valence-electron chi connectivity index (χ1n) is 8.53. The third-order valence-electron chi connectivity index (χ3n) is 4.04. The Hall–Kier alpha value is -0.0800. The lowest BCUT2D eigenvalue weighted by molar-refractivity contribution is 0.0268. The van der Waals surface area contributed by atoms with Gasteiger partial charge >= 0.3 is 0 Å². The van der Waals surface area contributed by atoms with E-state index in [4.69, 9.17) is 4.74 Å². The number of guanidine groups is 1. The first-order valence-corrected chi connectivity index (χ1v) is 8.53. The number of hydrogen-bond donors (Lipinski definition) is 2. The first kappa shape index (κ1) is 25.2. The molecule has 0 rings (SSSR count). The zero-order valence-electron chi connectivity index (χ0n) is 16.4. The molecule has 0 aliphatic heterocycles. The molecule has 0 aromatic rings. The maximum Gasteiger partial charge on any atom is 0.191 e. The van der Waals surface area contributed by atoms with Crippen LogP contribution in [0.4, 0.5) is 0 Å². The number of rotatable bonds is 10. The molecule has 0 aromatic heterocycles. The van der Waals surface area contributed by atoms with E-state index in [1.54, 1.807) is 7.11 Å². The molecule has 0 bridgehead atoms. The van der Waals surface area contributed by atoms with E-state index in [0.29, 0.717) is 12.0 Å². The van der Waals surface area contributed by atoms with Gasteiger partial charge in [0.15, 0.2) is 5.96 Å². The summed E-state index contributed by atoms with van der Waals surface area (Å²) in [7, 11) is 3.54. The molecule has 0 heterocycles. The predicted octanol–water partition coefficient (Wildman–Crippen LogP) is 2.95. The van der Waals surface area contributed by atoms with E-state index in [2.05, 4.69) is 62.1 Å². The largest absolute Gasteiger partial charge is 0.377 e. The van der Waals surface area contributed by atoms with Crippen LogP contribution in [0, 0.1) is 5.92 Å². The van der Waals surface area contributed by atoms with Crippen molar-refractivity contribution in [1.29, 1.82) is 0 Å². The predicted molar refractivity (Wildman–Crippen MR) is 112 cm³/mol. The molecule has 0 aliphatic carbocycles. The Labute approximate surface area is 161 Å². The summed E-state index contributed by atoms with van der Waals surface area (Å²) < 4.78 is 5.43. The molecule has 5 nitrogen and oxygen atoms in total. The molecule has 2 N–H and O–H groups in total. The van der Waals surface area contributed by atoms with E-state index < -0.39 is 0 Å². The molecule has 0 aromatic carbocycles. The summed E-state index contributed by atoms with van der Waals surface area (Å²) in [5, 5.41) is 6.80. The Balaban J connectivity index is 0. The molecule has 0 aliphatic rings. The lowest BCUT2D eigenvalue weighted by Gasteiger charge is -2.32. The number of methoxy groups -OCH3 is 1. The fraction of sp³-hybridized carbons (Fsp3) is 0.941. The Morgan fingerprint density at radius 3 is 2.13 bits per heavy atom. The molecule has 0 saturated heterocycles. The fourth-order valence-electron chi connectivity index (χ4n) is 2.45. The fourth-order valence-corrected chi connectivity index (χ4v) is 2.45. The van der Waals surface area contributed by atoms with Crippen LogP contribution in [-0.2, 0) is 4.74 Å². The Kier molecular flexibility index (Phi) is 14.5. The van der Waals surface area contributed by atoms with Gasteiger partial charge in [-0.15, -0.1) is 24.0 Å². The van der Waals surface area contributed by atoms with Crippen LogP contribution in [0.15, 0.2) is 4.99 Å². The van der Waals surface area contributed by atoms with Gasteiger partial charge in [0.2, 0.25) is 0 Å². The van der Waals surface area contributed by atoms with Gasteiger partial charge in [-0.25, -0.2) is 0 Å². The van der Waals surface area contributed by atoms with Crippen molar-refractivity contribution in [3.8, 4) is 0 Å². The van der Waals surface area contributed by atoms with E-state index in [-0.39, 0.29) is 29.6 Å². The lowest BCUT2D eigenvalue weighted by atomic mass is 10.0. The Morgan fingerprint density at radius 2 is 1.74 bits per heavy atom. The molecule has 6 heteroatoms. The van der Waals surface area contributed by atoms with Crippen molar-refractivity contribution in [1.82, 2.24) is 15.5 Å². The van der Waals surface area contributed by atoms with Crippen molar-refractivity contribution in [2.24, 2.45) is 10.9 Å². The molecule has 0 saturated carbocycles. The van der Waals surface area contributed by atoms with E-state index in [1.165, 1.54) is 6.42 Å². The van der Waals surface area contributed by atoms with Gasteiger partial charge in [0.05, 0.1) is 5.60 Å². The molecule has 23 heavy (non-hydrogen) atoms. The molecule has 0 fully saturated rings. The maximum absolute atomic E-state index is 5.43. The zero-order valence-corrected chi connectivity index (χ0v) is 18.7. The van der Waals surface area contributed by atoms with Crippen LogP contribution in [0.1, 0.15) is 48.0 Å². The van der Waals surface area contributed by atoms with Gasteiger partial charge in [-0.3, -0.25) is 9.89 Å². The van der Waals surface area contributed by atoms with Crippen molar-refractivity contribution in [2.45, 2.75) is 59.6 Å². The number of likely N-dealkylation sites (N-methyl/N-ethyl adjacent to an activating group) is 1. The second-order valence-electron chi connectivity index (χ2n) is 6.78. The molecule has 1 unspecified atom stereocenters.